The van der Waals surface area contributed by atoms with Crippen molar-refractivity contribution in [2.24, 2.45) is 0 Å². The number of hydrogen-bond acceptors (Lipinski definition) is 2. The fourth-order valence-electron chi connectivity index (χ4n) is 3.15. The minimum Gasteiger partial charge on any atom is -0.497 e. The second-order valence-corrected chi connectivity index (χ2v) is 6.98. The van der Waals surface area contributed by atoms with Crippen LogP contribution in [0.5, 0.6) is 5.75 Å². The smallest absolute Gasteiger partial charge is 0.118 e. The molecule has 2 rings (SSSR count). The molecule has 0 N–H and O–H groups in total. The quantitative estimate of drug-likeness (QED) is 0.375. The maximum atomic E-state index is 6.02. The molecule has 2 aromatic carbocycles. The summed E-state index contributed by atoms with van der Waals surface area (Å²) >= 11 is 0. The van der Waals surface area contributed by atoms with Gasteiger partial charge in [-0.05, 0) is 42.2 Å². The van der Waals surface area contributed by atoms with Gasteiger partial charge in [-0.2, -0.15) is 0 Å². The van der Waals surface area contributed by atoms with Gasteiger partial charge in [-0.25, -0.2) is 0 Å². The van der Waals surface area contributed by atoms with Crippen molar-refractivity contribution in [3.63, 3.8) is 0 Å². The molecule has 0 radical (unpaired) electrons. The molecule has 142 valence electrons. The molecule has 2 aromatic rings. The number of benzene rings is 2. The van der Waals surface area contributed by atoms with Crippen LogP contribution in [0.2, 0.25) is 0 Å². The molecule has 2 heteroatoms. The van der Waals surface area contributed by atoms with Crippen molar-refractivity contribution in [1.82, 2.24) is 0 Å². The van der Waals surface area contributed by atoms with E-state index in [4.69, 9.17) is 9.47 Å². The molecule has 0 aliphatic carbocycles. The van der Waals surface area contributed by atoms with E-state index in [0.717, 1.165) is 12.4 Å². The third kappa shape index (κ3) is 6.84. The lowest BCUT2D eigenvalue weighted by molar-refractivity contribution is 0.0627. The maximum absolute atomic E-state index is 6.02. The standard InChI is InChI=1S/C24H34O2/c1-4-5-6-7-8-9-10-19-26-20(2)21-11-13-22(14-12-21)23-15-17-24(25-3)18-16-23/h11-18,20H,4-10,19H2,1-3H3. The second-order valence-electron chi connectivity index (χ2n) is 6.98. The maximum Gasteiger partial charge on any atom is 0.118 e. The van der Waals surface area contributed by atoms with Gasteiger partial charge in [0.15, 0.2) is 0 Å². The van der Waals surface area contributed by atoms with Gasteiger partial charge in [0.2, 0.25) is 0 Å². The first-order valence-corrected chi connectivity index (χ1v) is 10.1. The van der Waals surface area contributed by atoms with E-state index >= 15 is 0 Å². The molecule has 0 fully saturated rings. The lowest BCUT2D eigenvalue weighted by Crippen LogP contribution is -2.01. The second kappa shape index (κ2) is 11.7. The number of ether oxygens (including phenoxy) is 2. The lowest BCUT2D eigenvalue weighted by Gasteiger charge is -2.14. The van der Waals surface area contributed by atoms with Gasteiger partial charge in [0.1, 0.15) is 5.75 Å². The Morgan fingerprint density at radius 3 is 1.85 bits per heavy atom. The summed E-state index contributed by atoms with van der Waals surface area (Å²) in [5, 5.41) is 0. The Balaban J connectivity index is 1.73. The van der Waals surface area contributed by atoms with Crippen molar-refractivity contribution in [1.29, 1.82) is 0 Å². The highest BCUT2D eigenvalue weighted by atomic mass is 16.5. The topological polar surface area (TPSA) is 18.5 Å². The number of rotatable bonds is 12. The van der Waals surface area contributed by atoms with E-state index in [9.17, 15) is 0 Å². The molecule has 1 atom stereocenters. The zero-order valence-electron chi connectivity index (χ0n) is 16.7. The summed E-state index contributed by atoms with van der Waals surface area (Å²) in [4.78, 5) is 0. The first-order chi connectivity index (χ1) is 12.7. The molecule has 26 heavy (non-hydrogen) atoms. The van der Waals surface area contributed by atoms with Crippen LogP contribution in [0, 0.1) is 0 Å². The Hall–Kier alpha value is -1.80. The predicted octanol–water partition coefficient (Wildman–Crippen LogP) is 7.19. The van der Waals surface area contributed by atoms with Crippen LogP contribution in [0.1, 0.15) is 70.5 Å². The Kier molecular flexibility index (Phi) is 9.27. The summed E-state index contributed by atoms with van der Waals surface area (Å²) < 4.78 is 11.2. The highest BCUT2D eigenvalue weighted by molar-refractivity contribution is 5.64. The van der Waals surface area contributed by atoms with E-state index in [1.54, 1.807) is 7.11 Å². The first-order valence-electron chi connectivity index (χ1n) is 10.1. The predicted molar refractivity (Wildman–Crippen MR) is 111 cm³/mol. The van der Waals surface area contributed by atoms with Crippen LogP contribution >= 0.6 is 0 Å². The van der Waals surface area contributed by atoms with E-state index < -0.39 is 0 Å². The van der Waals surface area contributed by atoms with Crippen LogP contribution in [0.4, 0.5) is 0 Å². The first kappa shape index (κ1) is 20.5. The van der Waals surface area contributed by atoms with Crippen molar-refractivity contribution >= 4 is 0 Å². The lowest BCUT2D eigenvalue weighted by atomic mass is 10.0. The van der Waals surface area contributed by atoms with Gasteiger partial charge in [-0.3, -0.25) is 0 Å². The van der Waals surface area contributed by atoms with Crippen molar-refractivity contribution in [3.8, 4) is 16.9 Å². The third-order valence-corrected chi connectivity index (χ3v) is 4.92. The normalized spacial score (nSPS) is 12.1. The molecule has 1 unspecified atom stereocenters. The van der Waals surface area contributed by atoms with Gasteiger partial charge >= 0.3 is 0 Å². The van der Waals surface area contributed by atoms with Crippen molar-refractivity contribution in [2.75, 3.05) is 13.7 Å². The SMILES string of the molecule is CCCCCCCCCOC(C)c1ccc(-c2ccc(OC)cc2)cc1. The Morgan fingerprint density at radius 2 is 1.27 bits per heavy atom. The summed E-state index contributed by atoms with van der Waals surface area (Å²) in [6.45, 7) is 5.26. The van der Waals surface area contributed by atoms with Crippen LogP contribution in [0.15, 0.2) is 48.5 Å². The molecule has 0 aliphatic heterocycles. The summed E-state index contributed by atoms with van der Waals surface area (Å²) in [5.74, 6) is 0.887. The van der Waals surface area contributed by atoms with Gasteiger partial charge in [0.05, 0.1) is 13.2 Å². The summed E-state index contributed by atoms with van der Waals surface area (Å²) in [6, 6.07) is 16.9. The molecule has 0 saturated carbocycles. The molecule has 0 saturated heterocycles. The largest absolute Gasteiger partial charge is 0.497 e. The minimum atomic E-state index is 0.153. The zero-order valence-corrected chi connectivity index (χ0v) is 16.7. The third-order valence-electron chi connectivity index (χ3n) is 4.92. The van der Waals surface area contributed by atoms with E-state index in [1.807, 2.05) is 12.1 Å². The van der Waals surface area contributed by atoms with Crippen LogP contribution in [0.25, 0.3) is 11.1 Å². The van der Waals surface area contributed by atoms with Crippen molar-refractivity contribution in [2.45, 2.75) is 64.9 Å². The molecule has 2 nitrogen and oxygen atoms in total. The van der Waals surface area contributed by atoms with Crippen LogP contribution in [-0.2, 0) is 4.74 Å². The van der Waals surface area contributed by atoms with Gasteiger partial charge in [-0.15, -0.1) is 0 Å². The fourth-order valence-corrected chi connectivity index (χ4v) is 3.15. The molecule has 0 heterocycles. The Labute approximate surface area is 159 Å². The van der Waals surface area contributed by atoms with Gasteiger partial charge in [0, 0.05) is 6.61 Å². The van der Waals surface area contributed by atoms with Crippen molar-refractivity contribution < 1.29 is 9.47 Å². The van der Waals surface area contributed by atoms with E-state index in [-0.39, 0.29) is 6.10 Å². The fraction of sp³-hybridized carbons (Fsp3) is 0.500. The number of methoxy groups -OCH3 is 1. The van der Waals surface area contributed by atoms with E-state index in [2.05, 4.69) is 50.2 Å². The molecule has 0 bridgehead atoms. The number of unbranched alkanes of at least 4 members (excludes halogenated alkanes) is 6. The molecule has 0 spiro atoms. The highest BCUT2D eigenvalue weighted by Gasteiger charge is 2.06. The minimum absolute atomic E-state index is 0.153. The highest BCUT2D eigenvalue weighted by Crippen LogP contribution is 2.25. The zero-order chi connectivity index (χ0) is 18.6. The monoisotopic (exact) mass is 354 g/mol. The Bertz CT molecular complexity index is 601. The summed E-state index contributed by atoms with van der Waals surface area (Å²) in [5.41, 5.74) is 3.66. The molecule has 0 aromatic heterocycles. The Morgan fingerprint density at radius 1 is 0.731 bits per heavy atom. The van der Waals surface area contributed by atoms with E-state index in [1.165, 1.54) is 61.6 Å². The van der Waals surface area contributed by atoms with Crippen LogP contribution < -0.4 is 4.74 Å². The van der Waals surface area contributed by atoms with Crippen LogP contribution in [0.3, 0.4) is 0 Å². The summed E-state index contributed by atoms with van der Waals surface area (Å²) in [6.07, 6.45) is 9.39. The molecular formula is C24H34O2. The van der Waals surface area contributed by atoms with E-state index in [0.29, 0.717) is 0 Å². The van der Waals surface area contributed by atoms with Gasteiger partial charge in [0.25, 0.3) is 0 Å². The average Bonchev–Trinajstić information content (AvgIpc) is 2.70. The van der Waals surface area contributed by atoms with Gasteiger partial charge < -0.3 is 9.47 Å². The molecule has 0 aliphatic rings. The number of hydrogen-bond donors (Lipinski definition) is 0. The van der Waals surface area contributed by atoms with Crippen molar-refractivity contribution in [3.05, 3.63) is 54.1 Å². The average molecular weight is 355 g/mol. The van der Waals surface area contributed by atoms with Crippen LogP contribution in [-0.4, -0.2) is 13.7 Å². The van der Waals surface area contributed by atoms with Gasteiger partial charge in [-0.1, -0.05) is 81.8 Å². The molecule has 0 amide bonds. The summed E-state index contributed by atoms with van der Waals surface area (Å²) in [7, 11) is 1.69. The molecular weight excluding hydrogens is 320 g/mol.